The third-order valence-corrected chi connectivity index (χ3v) is 3.44. The van der Waals surface area contributed by atoms with Crippen molar-refractivity contribution in [3.05, 3.63) is 29.3 Å². The number of hydrogen-bond donors (Lipinski definition) is 2. The van der Waals surface area contributed by atoms with E-state index >= 15 is 0 Å². The molecule has 0 aromatic heterocycles. The number of aliphatic carboxylic acids is 1. The maximum atomic E-state index is 12.3. The number of carbonyl (C=O) groups is 2. The molecule has 1 aromatic rings. The van der Waals surface area contributed by atoms with Gasteiger partial charge in [0.1, 0.15) is 0 Å². The number of nitrogens with zero attached hydrogens (tertiary/aromatic N) is 1. The van der Waals surface area contributed by atoms with E-state index in [4.69, 9.17) is 5.11 Å². The number of carboxylic acids is 1. The minimum Gasteiger partial charge on any atom is -0.481 e. The number of rotatable bonds is 5. The number of benzene rings is 1. The summed E-state index contributed by atoms with van der Waals surface area (Å²) in [6.45, 7) is 4.21. The lowest BCUT2D eigenvalue weighted by Gasteiger charge is -2.22. The molecule has 2 N–H and O–H groups in total. The summed E-state index contributed by atoms with van der Waals surface area (Å²) in [4.78, 5) is 24.6. The summed E-state index contributed by atoms with van der Waals surface area (Å²) in [7, 11) is 0. The lowest BCUT2D eigenvalue weighted by Crippen LogP contribution is -2.38. The van der Waals surface area contributed by atoms with E-state index < -0.39 is 5.97 Å². The van der Waals surface area contributed by atoms with Crippen molar-refractivity contribution in [2.45, 2.75) is 39.2 Å². The molecule has 1 aliphatic carbocycles. The van der Waals surface area contributed by atoms with Gasteiger partial charge in [0.2, 0.25) is 0 Å². The third-order valence-electron chi connectivity index (χ3n) is 3.44. The normalized spacial score (nSPS) is 13.9. The van der Waals surface area contributed by atoms with Crippen LogP contribution < -0.4 is 5.32 Å². The zero-order chi connectivity index (χ0) is 14.7. The number of hydrogen-bond acceptors (Lipinski definition) is 2. The van der Waals surface area contributed by atoms with Gasteiger partial charge in [-0.05, 0) is 38.3 Å². The SMILES string of the molecule is Cc1ccc(NC(=O)N(CCC(=O)O)C2CC2)c(C)c1. The molecule has 0 atom stereocenters. The quantitative estimate of drug-likeness (QED) is 0.868. The molecule has 0 spiro atoms. The van der Waals surface area contributed by atoms with Gasteiger partial charge in [0.05, 0.1) is 6.42 Å². The molecule has 0 bridgehead atoms. The van der Waals surface area contributed by atoms with Gasteiger partial charge in [0.15, 0.2) is 0 Å². The number of carbonyl (C=O) groups excluding carboxylic acids is 1. The van der Waals surface area contributed by atoms with Crippen LogP contribution >= 0.6 is 0 Å². The molecule has 1 aliphatic rings. The molecule has 0 heterocycles. The highest BCUT2D eigenvalue weighted by Crippen LogP contribution is 2.28. The Labute approximate surface area is 118 Å². The Morgan fingerprint density at radius 3 is 2.60 bits per heavy atom. The smallest absolute Gasteiger partial charge is 0.322 e. The van der Waals surface area contributed by atoms with Crippen molar-refractivity contribution in [1.29, 1.82) is 0 Å². The Hall–Kier alpha value is -2.04. The Morgan fingerprint density at radius 1 is 1.35 bits per heavy atom. The molecule has 1 saturated carbocycles. The van der Waals surface area contributed by atoms with Gasteiger partial charge in [-0.1, -0.05) is 17.7 Å². The van der Waals surface area contributed by atoms with E-state index in [0.29, 0.717) is 0 Å². The van der Waals surface area contributed by atoms with Crippen LogP contribution in [0.25, 0.3) is 0 Å². The highest BCUT2D eigenvalue weighted by atomic mass is 16.4. The predicted molar refractivity (Wildman–Crippen MR) is 76.9 cm³/mol. The van der Waals surface area contributed by atoms with Crippen molar-refractivity contribution in [2.24, 2.45) is 0 Å². The molecule has 20 heavy (non-hydrogen) atoms. The molecule has 5 heteroatoms. The van der Waals surface area contributed by atoms with Crippen molar-refractivity contribution >= 4 is 17.7 Å². The van der Waals surface area contributed by atoms with Gasteiger partial charge in [-0.2, -0.15) is 0 Å². The zero-order valence-electron chi connectivity index (χ0n) is 11.8. The van der Waals surface area contributed by atoms with Crippen LogP contribution in [0.1, 0.15) is 30.4 Å². The fraction of sp³-hybridized carbons (Fsp3) is 0.467. The van der Waals surface area contributed by atoms with E-state index in [2.05, 4.69) is 5.32 Å². The maximum absolute atomic E-state index is 12.3. The summed E-state index contributed by atoms with van der Waals surface area (Å²) >= 11 is 0. The number of aryl methyl sites for hydroxylation is 2. The van der Waals surface area contributed by atoms with Crippen LogP contribution in [0, 0.1) is 13.8 Å². The highest BCUT2D eigenvalue weighted by Gasteiger charge is 2.32. The average molecular weight is 276 g/mol. The summed E-state index contributed by atoms with van der Waals surface area (Å²) in [5, 5.41) is 11.6. The van der Waals surface area contributed by atoms with E-state index in [1.807, 2.05) is 32.0 Å². The maximum Gasteiger partial charge on any atom is 0.322 e. The Kier molecular flexibility index (Phi) is 4.27. The van der Waals surface area contributed by atoms with Gasteiger partial charge < -0.3 is 15.3 Å². The van der Waals surface area contributed by atoms with Gasteiger partial charge in [0.25, 0.3) is 0 Å². The number of anilines is 1. The molecule has 0 saturated heterocycles. The molecule has 0 radical (unpaired) electrons. The first kappa shape index (κ1) is 14.4. The zero-order valence-corrected chi connectivity index (χ0v) is 11.8. The second kappa shape index (κ2) is 5.94. The summed E-state index contributed by atoms with van der Waals surface area (Å²) in [5.74, 6) is -0.880. The van der Waals surface area contributed by atoms with Crippen molar-refractivity contribution < 1.29 is 14.7 Å². The van der Waals surface area contributed by atoms with Crippen LogP contribution in [-0.4, -0.2) is 34.6 Å². The first-order valence-electron chi connectivity index (χ1n) is 6.84. The predicted octanol–water partition coefficient (Wildman–Crippen LogP) is 2.77. The standard InChI is InChI=1S/C15H20N2O3/c1-10-3-6-13(11(2)9-10)16-15(20)17(12-4-5-12)8-7-14(18)19/h3,6,9,12H,4-5,7-8H2,1-2H3,(H,16,20)(H,18,19). The molecule has 0 unspecified atom stereocenters. The molecule has 2 amide bonds. The van der Waals surface area contributed by atoms with Crippen LogP contribution in [0.2, 0.25) is 0 Å². The van der Waals surface area contributed by atoms with Gasteiger partial charge in [-0.25, -0.2) is 4.79 Å². The highest BCUT2D eigenvalue weighted by molar-refractivity contribution is 5.90. The molecule has 1 fully saturated rings. The van der Waals surface area contributed by atoms with Crippen molar-refractivity contribution in [2.75, 3.05) is 11.9 Å². The van der Waals surface area contributed by atoms with E-state index in [0.717, 1.165) is 29.7 Å². The second-order valence-corrected chi connectivity index (χ2v) is 5.32. The van der Waals surface area contributed by atoms with Gasteiger partial charge in [0, 0.05) is 18.3 Å². The fourth-order valence-electron chi connectivity index (χ4n) is 2.19. The fourth-order valence-corrected chi connectivity index (χ4v) is 2.19. The molecule has 108 valence electrons. The Balaban J connectivity index is 2.02. The lowest BCUT2D eigenvalue weighted by atomic mass is 10.1. The van der Waals surface area contributed by atoms with Crippen molar-refractivity contribution in [1.82, 2.24) is 4.90 Å². The number of urea groups is 1. The molecule has 2 rings (SSSR count). The van der Waals surface area contributed by atoms with E-state index in [9.17, 15) is 9.59 Å². The number of carboxylic acid groups (broad SMARTS) is 1. The lowest BCUT2D eigenvalue weighted by molar-refractivity contribution is -0.137. The first-order chi connectivity index (χ1) is 9.47. The van der Waals surface area contributed by atoms with Crippen molar-refractivity contribution in [3.8, 4) is 0 Å². The Morgan fingerprint density at radius 2 is 2.05 bits per heavy atom. The molecular weight excluding hydrogens is 256 g/mol. The molecule has 0 aliphatic heterocycles. The second-order valence-electron chi connectivity index (χ2n) is 5.32. The Bertz CT molecular complexity index is 524. The van der Waals surface area contributed by atoms with Gasteiger partial charge in [-0.15, -0.1) is 0 Å². The minimum absolute atomic E-state index is 0.0171. The first-order valence-corrected chi connectivity index (χ1v) is 6.84. The third kappa shape index (κ3) is 3.73. The molecule has 1 aromatic carbocycles. The van der Waals surface area contributed by atoms with Crippen molar-refractivity contribution in [3.63, 3.8) is 0 Å². The van der Waals surface area contributed by atoms with Gasteiger partial charge in [-0.3, -0.25) is 4.79 Å². The van der Waals surface area contributed by atoms with E-state index in [-0.39, 0.29) is 25.0 Å². The molecular formula is C15H20N2O3. The van der Waals surface area contributed by atoms with Crippen LogP contribution in [0.4, 0.5) is 10.5 Å². The minimum atomic E-state index is -0.880. The van der Waals surface area contributed by atoms with Crippen LogP contribution in [0.5, 0.6) is 0 Å². The summed E-state index contributed by atoms with van der Waals surface area (Å²) < 4.78 is 0. The van der Waals surface area contributed by atoms with Crippen LogP contribution in [-0.2, 0) is 4.79 Å². The van der Waals surface area contributed by atoms with Crippen LogP contribution in [0.3, 0.4) is 0 Å². The number of nitrogens with one attached hydrogen (secondary N) is 1. The topological polar surface area (TPSA) is 69.6 Å². The summed E-state index contributed by atoms with van der Waals surface area (Å²) in [6.07, 6.45) is 1.90. The monoisotopic (exact) mass is 276 g/mol. The van der Waals surface area contributed by atoms with E-state index in [1.165, 1.54) is 0 Å². The summed E-state index contributed by atoms with van der Waals surface area (Å²) in [6, 6.07) is 5.82. The molecule has 5 nitrogen and oxygen atoms in total. The largest absolute Gasteiger partial charge is 0.481 e. The summed E-state index contributed by atoms with van der Waals surface area (Å²) in [5.41, 5.74) is 2.93. The van der Waals surface area contributed by atoms with E-state index in [1.54, 1.807) is 4.90 Å². The number of amides is 2. The van der Waals surface area contributed by atoms with Crippen LogP contribution in [0.15, 0.2) is 18.2 Å². The van der Waals surface area contributed by atoms with Gasteiger partial charge >= 0.3 is 12.0 Å². The average Bonchev–Trinajstić information content (AvgIpc) is 3.17.